The smallest absolute Gasteiger partial charge is 0.338 e. The zero-order valence-electron chi connectivity index (χ0n) is 8.75. The molecule has 1 aromatic rings. The molecule has 0 bridgehead atoms. The molecule has 76 valence electrons. The van der Waals surface area contributed by atoms with E-state index in [1.54, 1.807) is 6.07 Å². The van der Waals surface area contributed by atoms with Crippen molar-refractivity contribution in [2.45, 2.75) is 26.7 Å². The molecular formula is C12H16O2. The SMILES string of the molecule is CCCc1cccc(C(=O)OCC)c1. The molecule has 0 radical (unpaired) electrons. The van der Waals surface area contributed by atoms with Crippen LogP contribution in [-0.4, -0.2) is 12.6 Å². The first kappa shape index (κ1) is 10.8. The van der Waals surface area contributed by atoms with Gasteiger partial charge in [-0.1, -0.05) is 25.5 Å². The molecule has 2 nitrogen and oxygen atoms in total. The third-order valence-electron chi connectivity index (χ3n) is 1.98. The highest BCUT2D eigenvalue weighted by atomic mass is 16.5. The molecule has 0 saturated carbocycles. The van der Waals surface area contributed by atoms with E-state index in [9.17, 15) is 4.79 Å². The van der Waals surface area contributed by atoms with E-state index in [1.165, 1.54) is 5.56 Å². The molecule has 0 aliphatic heterocycles. The van der Waals surface area contributed by atoms with Gasteiger partial charge in [0.1, 0.15) is 0 Å². The second kappa shape index (κ2) is 5.43. The number of esters is 1. The van der Waals surface area contributed by atoms with E-state index in [0.29, 0.717) is 12.2 Å². The van der Waals surface area contributed by atoms with Gasteiger partial charge in [-0.15, -0.1) is 0 Å². The molecule has 14 heavy (non-hydrogen) atoms. The number of carbonyl (C=O) groups is 1. The van der Waals surface area contributed by atoms with Crippen LogP contribution in [0.1, 0.15) is 36.2 Å². The summed E-state index contributed by atoms with van der Waals surface area (Å²) in [6, 6.07) is 7.63. The molecule has 0 saturated heterocycles. The monoisotopic (exact) mass is 192 g/mol. The van der Waals surface area contributed by atoms with E-state index in [-0.39, 0.29) is 5.97 Å². The van der Waals surface area contributed by atoms with Gasteiger partial charge in [0.2, 0.25) is 0 Å². The average molecular weight is 192 g/mol. The number of aryl methyl sites for hydroxylation is 1. The quantitative estimate of drug-likeness (QED) is 0.686. The maximum atomic E-state index is 11.4. The van der Waals surface area contributed by atoms with E-state index >= 15 is 0 Å². The van der Waals surface area contributed by atoms with Crippen LogP contribution in [0.25, 0.3) is 0 Å². The molecule has 1 aromatic carbocycles. The van der Waals surface area contributed by atoms with Gasteiger partial charge in [0.25, 0.3) is 0 Å². The van der Waals surface area contributed by atoms with Crippen LogP contribution < -0.4 is 0 Å². The van der Waals surface area contributed by atoms with Crippen molar-refractivity contribution in [2.75, 3.05) is 6.61 Å². The van der Waals surface area contributed by atoms with Crippen molar-refractivity contribution in [2.24, 2.45) is 0 Å². The summed E-state index contributed by atoms with van der Waals surface area (Å²) in [5.41, 5.74) is 1.84. The van der Waals surface area contributed by atoms with E-state index in [2.05, 4.69) is 6.92 Å². The van der Waals surface area contributed by atoms with Crippen LogP contribution in [0.4, 0.5) is 0 Å². The standard InChI is InChI=1S/C12H16O2/c1-3-6-10-7-5-8-11(9-10)12(13)14-4-2/h5,7-9H,3-4,6H2,1-2H3. The Bertz CT molecular complexity index is 305. The van der Waals surface area contributed by atoms with Crippen LogP contribution in [-0.2, 0) is 11.2 Å². The van der Waals surface area contributed by atoms with Crippen LogP contribution in [0.5, 0.6) is 0 Å². The van der Waals surface area contributed by atoms with Gasteiger partial charge in [0.05, 0.1) is 12.2 Å². The topological polar surface area (TPSA) is 26.3 Å². The summed E-state index contributed by atoms with van der Waals surface area (Å²) in [7, 11) is 0. The Kier molecular flexibility index (Phi) is 4.17. The highest BCUT2D eigenvalue weighted by molar-refractivity contribution is 5.89. The minimum atomic E-state index is -0.231. The Morgan fingerprint density at radius 1 is 1.36 bits per heavy atom. The molecule has 0 aliphatic rings. The van der Waals surface area contributed by atoms with Gasteiger partial charge in [-0.3, -0.25) is 0 Å². The molecule has 0 heterocycles. The largest absolute Gasteiger partial charge is 0.462 e. The van der Waals surface area contributed by atoms with E-state index in [0.717, 1.165) is 12.8 Å². The van der Waals surface area contributed by atoms with Crippen LogP contribution in [0.3, 0.4) is 0 Å². The van der Waals surface area contributed by atoms with Gasteiger partial charge in [-0.2, -0.15) is 0 Å². The Balaban J connectivity index is 2.77. The predicted molar refractivity (Wildman–Crippen MR) is 56.4 cm³/mol. The Labute approximate surface area is 84.9 Å². The fourth-order valence-electron chi connectivity index (χ4n) is 1.36. The molecule has 0 aromatic heterocycles. The first-order valence-electron chi connectivity index (χ1n) is 5.04. The number of benzene rings is 1. The summed E-state index contributed by atoms with van der Waals surface area (Å²) in [6.07, 6.45) is 2.10. The van der Waals surface area contributed by atoms with E-state index in [4.69, 9.17) is 4.74 Å². The van der Waals surface area contributed by atoms with E-state index in [1.807, 2.05) is 25.1 Å². The summed E-state index contributed by atoms with van der Waals surface area (Å²) in [5.74, 6) is -0.231. The van der Waals surface area contributed by atoms with Crippen molar-refractivity contribution in [3.8, 4) is 0 Å². The Morgan fingerprint density at radius 2 is 2.14 bits per heavy atom. The maximum Gasteiger partial charge on any atom is 0.338 e. The zero-order chi connectivity index (χ0) is 10.4. The second-order valence-corrected chi connectivity index (χ2v) is 3.17. The summed E-state index contributed by atoms with van der Waals surface area (Å²) in [5, 5.41) is 0. The lowest BCUT2D eigenvalue weighted by molar-refractivity contribution is 0.0526. The number of hydrogen-bond acceptors (Lipinski definition) is 2. The number of rotatable bonds is 4. The van der Waals surface area contributed by atoms with Gasteiger partial charge in [0, 0.05) is 0 Å². The van der Waals surface area contributed by atoms with Gasteiger partial charge < -0.3 is 4.74 Å². The molecule has 0 fully saturated rings. The molecular weight excluding hydrogens is 176 g/mol. The molecule has 0 spiro atoms. The average Bonchev–Trinajstić information content (AvgIpc) is 2.19. The molecule has 0 unspecified atom stereocenters. The molecule has 0 atom stereocenters. The maximum absolute atomic E-state index is 11.4. The van der Waals surface area contributed by atoms with E-state index < -0.39 is 0 Å². The number of carbonyl (C=O) groups excluding carboxylic acids is 1. The Hall–Kier alpha value is -1.31. The molecule has 0 N–H and O–H groups in total. The Morgan fingerprint density at radius 3 is 2.79 bits per heavy atom. The second-order valence-electron chi connectivity index (χ2n) is 3.17. The van der Waals surface area contributed by atoms with Crippen molar-refractivity contribution in [1.29, 1.82) is 0 Å². The van der Waals surface area contributed by atoms with Crippen LogP contribution in [0.2, 0.25) is 0 Å². The van der Waals surface area contributed by atoms with Crippen molar-refractivity contribution >= 4 is 5.97 Å². The lowest BCUT2D eigenvalue weighted by atomic mass is 10.1. The molecule has 0 amide bonds. The van der Waals surface area contributed by atoms with Crippen LogP contribution >= 0.6 is 0 Å². The third-order valence-corrected chi connectivity index (χ3v) is 1.98. The zero-order valence-corrected chi connectivity index (χ0v) is 8.75. The minimum absolute atomic E-state index is 0.231. The van der Waals surface area contributed by atoms with Crippen LogP contribution in [0, 0.1) is 0 Å². The molecule has 0 aliphatic carbocycles. The minimum Gasteiger partial charge on any atom is -0.462 e. The number of hydrogen-bond donors (Lipinski definition) is 0. The summed E-state index contributed by atoms with van der Waals surface area (Å²) in [4.78, 5) is 11.4. The van der Waals surface area contributed by atoms with Gasteiger partial charge >= 0.3 is 5.97 Å². The van der Waals surface area contributed by atoms with Crippen molar-refractivity contribution in [1.82, 2.24) is 0 Å². The summed E-state index contributed by atoms with van der Waals surface area (Å²) < 4.78 is 4.92. The highest BCUT2D eigenvalue weighted by Gasteiger charge is 2.05. The third kappa shape index (κ3) is 2.87. The van der Waals surface area contributed by atoms with Gasteiger partial charge in [-0.25, -0.2) is 4.79 Å². The first-order chi connectivity index (χ1) is 6.77. The summed E-state index contributed by atoms with van der Waals surface area (Å²) in [6.45, 7) is 4.36. The lowest BCUT2D eigenvalue weighted by Gasteiger charge is -2.03. The van der Waals surface area contributed by atoms with Gasteiger partial charge in [-0.05, 0) is 31.0 Å². The normalized spacial score (nSPS) is 9.86. The lowest BCUT2D eigenvalue weighted by Crippen LogP contribution is -2.04. The highest BCUT2D eigenvalue weighted by Crippen LogP contribution is 2.08. The fourth-order valence-corrected chi connectivity index (χ4v) is 1.36. The molecule has 1 rings (SSSR count). The van der Waals surface area contributed by atoms with Crippen molar-refractivity contribution in [3.63, 3.8) is 0 Å². The molecule has 2 heteroatoms. The van der Waals surface area contributed by atoms with Gasteiger partial charge in [0.15, 0.2) is 0 Å². The first-order valence-corrected chi connectivity index (χ1v) is 5.04. The van der Waals surface area contributed by atoms with Crippen molar-refractivity contribution < 1.29 is 9.53 Å². The van der Waals surface area contributed by atoms with Crippen LogP contribution in [0.15, 0.2) is 24.3 Å². The predicted octanol–water partition coefficient (Wildman–Crippen LogP) is 2.82. The van der Waals surface area contributed by atoms with Crippen molar-refractivity contribution in [3.05, 3.63) is 35.4 Å². The number of ether oxygens (including phenoxy) is 1. The summed E-state index contributed by atoms with van der Waals surface area (Å²) >= 11 is 0. The fraction of sp³-hybridized carbons (Fsp3) is 0.417.